The number of hydrazone groups is 1. The number of nitrogens with one attached hydrogen (secondary N) is 2. The Hall–Kier alpha value is -2.39. The first-order valence-electron chi connectivity index (χ1n) is 8.38. The lowest BCUT2D eigenvalue weighted by Gasteiger charge is -2.18. The summed E-state index contributed by atoms with van der Waals surface area (Å²) in [5, 5.41) is 16.5. The molecule has 7 nitrogen and oxygen atoms in total. The molecule has 2 aromatic rings. The van der Waals surface area contributed by atoms with Crippen molar-refractivity contribution in [1.29, 1.82) is 0 Å². The number of benzene rings is 2. The standard InChI is InChI=1S/C19H19Br2N3O4/c1-2-28-19(27)23-16(12-6-4-3-5-7-12)10-17(25)24-22-11-13-8-14(20)9-15(21)18(13)26/h3-9,11,16,26H,2,10H2,1H3,(H,23,27)(H,24,25)/b22-11-/t16-/m1/s1. The Labute approximate surface area is 179 Å². The van der Waals surface area contributed by atoms with Crippen molar-refractivity contribution in [3.63, 3.8) is 0 Å². The summed E-state index contributed by atoms with van der Waals surface area (Å²) in [5.74, 6) is -0.400. The van der Waals surface area contributed by atoms with Gasteiger partial charge in [-0.2, -0.15) is 5.10 Å². The molecule has 1 atom stereocenters. The van der Waals surface area contributed by atoms with E-state index in [2.05, 4.69) is 47.7 Å². The number of amides is 2. The van der Waals surface area contributed by atoms with Crippen molar-refractivity contribution in [2.24, 2.45) is 5.10 Å². The first-order valence-corrected chi connectivity index (χ1v) is 9.97. The summed E-state index contributed by atoms with van der Waals surface area (Å²) in [6.45, 7) is 1.93. The fraction of sp³-hybridized carbons (Fsp3) is 0.211. The normalized spacial score (nSPS) is 11.8. The van der Waals surface area contributed by atoms with Gasteiger partial charge < -0.3 is 15.2 Å². The van der Waals surface area contributed by atoms with E-state index in [0.717, 1.165) is 10.0 Å². The van der Waals surface area contributed by atoms with Crippen LogP contribution in [0.2, 0.25) is 0 Å². The summed E-state index contributed by atoms with van der Waals surface area (Å²) in [7, 11) is 0. The highest BCUT2D eigenvalue weighted by Gasteiger charge is 2.18. The zero-order valence-electron chi connectivity index (χ0n) is 15.0. The van der Waals surface area contributed by atoms with Crippen molar-refractivity contribution in [1.82, 2.24) is 10.7 Å². The maximum atomic E-state index is 12.3. The van der Waals surface area contributed by atoms with Crippen LogP contribution in [0.15, 0.2) is 56.5 Å². The van der Waals surface area contributed by atoms with Gasteiger partial charge in [-0.3, -0.25) is 4.79 Å². The molecule has 2 aromatic carbocycles. The van der Waals surface area contributed by atoms with Gasteiger partial charge in [0.05, 0.1) is 29.8 Å². The summed E-state index contributed by atoms with van der Waals surface area (Å²) in [4.78, 5) is 24.1. The van der Waals surface area contributed by atoms with Crippen LogP contribution in [0.5, 0.6) is 5.75 Å². The molecule has 0 saturated carbocycles. The third-order valence-electron chi connectivity index (χ3n) is 3.61. The van der Waals surface area contributed by atoms with Gasteiger partial charge in [0.2, 0.25) is 5.91 Å². The highest BCUT2D eigenvalue weighted by Crippen LogP contribution is 2.30. The van der Waals surface area contributed by atoms with Gasteiger partial charge in [0.15, 0.2) is 0 Å². The molecule has 2 rings (SSSR count). The molecule has 0 spiro atoms. The molecule has 0 aromatic heterocycles. The van der Waals surface area contributed by atoms with Gasteiger partial charge >= 0.3 is 6.09 Å². The van der Waals surface area contributed by atoms with E-state index in [0.29, 0.717) is 10.0 Å². The van der Waals surface area contributed by atoms with Crippen LogP contribution in [-0.4, -0.2) is 29.9 Å². The SMILES string of the molecule is CCOC(=O)N[C@H](CC(=O)N/N=C\c1cc(Br)cc(Br)c1O)c1ccccc1. The summed E-state index contributed by atoms with van der Waals surface area (Å²) in [6, 6.07) is 11.9. The number of phenols is 1. The maximum Gasteiger partial charge on any atom is 0.407 e. The third kappa shape index (κ3) is 6.65. The van der Waals surface area contributed by atoms with E-state index >= 15 is 0 Å². The number of ether oxygens (including phenoxy) is 1. The number of carbonyl (C=O) groups excluding carboxylic acids is 2. The van der Waals surface area contributed by atoms with E-state index < -0.39 is 18.0 Å². The molecule has 0 fully saturated rings. The number of phenolic OH excluding ortho intramolecular Hbond substituents is 1. The quantitative estimate of drug-likeness (QED) is 0.381. The third-order valence-corrected chi connectivity index (χ3v) is 4.67. The van der Waals surface area contributed by atoms with Crippen LogP contribution < -0.4 is 10.7 Å². The molecular formula is C19H19Br2N3O4. The van der Waals surface area contributed by atoms with Gasteiger partial charge in [-0.15, -0.1) is 0 Å². The minimum atomic E-state index is -0.600. The second-order valence-electron chi connectivity index (χ2n) is 5.65. The van der Waals surface area contributed by atoms with E-state index in [1.165, 1.54) is 6.21 Å². The summed E-state index contributed by atoms with van der Waals surface area (Å²) >= 11 is 6.55. The Kier molecular flexibility index (Phi) is 8.46. The van der Waals surface area contributed by atoms with Gasteiger partial charge in [0, 0.05) is 10.0 Å². The molecule has 3 N–H and O–H groups in total. The lowest BCUT2D eigenvalue weighted by atomic mass is 10.0. The lowest BCUT2D eigenvalue weighted by Crippen LogP contribution is -2.33. The molecule has 28 heavy (non-hydrogen) atoms. The maximum absolute atomic E-state index is 12.3. The Morgan fingerprint density at radius 1 is 1.25 bits per heavy atom. The second-order valence-corrected chi connectivity index (χ2v) is 7.42. The highest BCUT2D eigenvalue weighted by molar-refractivity contribution is 9.11. The zero-order valence-corrected chi connectivity index (χ0v) is 18.2. The van der Waals surface area contributed by atoms with Crippen LogP contribution in [0.1, 0.15) is 30.5 Å². The predicted octanol–water partition coefficient (Wildman–Crippen LogP) is 4.24. The van der Waals surface area contributed by atoms with Crippen LogP contribution in [0, 0.1) is 0 Å². The van der Waals surface area contributed by atoms with E-state index in [4.69, 9.17) is 4.74 Å². The van der Waals surface area contributed by atoms with Crippen LogP contribution in [0.4, 0.5) is 4.79 Å². The minimum Gasteiger partial charge on any atom is -0.506 e. The first kappa shape index (κ1) is 21.9. The number of hydrogen-bond donors (Lipinski definition) is 3. The lowest BCUT2D eigenvalue weighted by molar-refractivity contribution is -0.121. The molecule has 0 saturated heterocycles. The predicted molar refractivity (Wildman–Crippen MR) is 113 cm³/mol. The average Bonchev–Trinajstić information content (AvgIpc) is 2.66. The molecule has 0 unspecified atom stereocenters. The fourth-order valence-electron chi connectivity index (χ4n) is 2.34. The van der Waals surface area contributed by atoms with Gasteiger partial charge in [0.25, 0.3) is 0 Å². The highest BCUT2D eigenvalue weighted by atomic mass is 79.9. The smallest absolute Gasteiger partial charge is 0.407 e. The molecule has 2 amide bonds. The summed E-state index contributed by atoms with van der Waals surface area (Å²) in [6.07, 6.45) is 0.699. The minimum absolute atomic E-state index is 0.00680. The van der Waals surface area contributed by atoms with Gasteiger partial charge in [-0.05, 0) is 40.5 Å². The summed E-state index contributed by atoms with van der Waals surface area (Å²) < 4.78 is 6.14. The Balaban J connectivity index is 2.04. The van der Waals surface area contributed by atoms with Crippen LogP contribution in [0.3, 0.4) is 0 Å². The Morgan fingerprint density at radius 3 is 2.64 bits per heavy atom. The molecule has 148 valence electrons. The van der Waals surface area contributed by atoms with Gasteiger partial charge in [0.1, 0.15) is 5.75 Å². The monoisotopic (exact) mass is 511 g/mol. The van der Waals surface area contributed by atoms with Crippen molar-refractivity contribution in [2.45, 2.75) is 19.4 Å². The molecule has 0 aliphatic carbocycles. The first-order chi connectivity index (χ1) is 13.4. The Morgan fingerprint density at radius 2 is 1.96 bits per heavy atom. The van der Waals surface area contributed by atoms with Crippen molar-refractivity contribution in [2.75, 3.05) is 6.61 Å². The molecule has 0 heterocycles. The number of nitrogens with zero attached hydrogens (tertiary/aromatic N) is 1. The topological polar surface area (TPSA) is 100 Å². The van der Waals surface area contributed by atoms with E-state index in [9.17, 15) is 14.7 Å². The molecule has 0 bridgehead atoms. The zero-order chi connectivity index (χ0) is 20.5. The molecule has 0 radical (unpaired) electrons. The van der Waals surface area contributed by atoms with E-state index in [-0.39, 0.29) is 18.8 Å². The van der Waals surface area contributed by atoms with Crippen LogP contribution in [-0.2, 0) is 9.53 Å². The van der Waals surface area contributed by atoms with Crippen molar-refractivity contribution >= 4 is 50.1 Å². The number of rotatable bonds is 7. The van der Waals surface area contributed by atoms with Gasteiger partial charge in [-0.25, -0.2) is 10.2 Å². The van der Waals surface area contributed by atoms with Gasteiger partial charge in [-0.1, -0.05) is 46.3 Å². The molecule has 0 aliphatic heterocycles. The number of halogens is 2. The van der Waals surface area contributed by atoms with Crippen LogP contribution >= 0.6 is 31.9 Å². The van der Waals surface area contributed by atoms with Crippen molar-refractivity contribution in [3.05, 3.63) is 62.5 Å². The number of aromatic hydroxyl groups is 1. The largest absolute Gasteiger partial charge is 0.506 e. The second kappa shape index (κ2) is 10.8. The number of carbonyl (C=O) groups is 2. The summed E-state index contributed by atoms with van der Waals surface area (Å²) in [5.41, 5.74) is 3.59. The van der Waals surface area contributed by atoms with Crippen molar-refractivity contribution in [3.8, 4) is 5.75 Å². The molecule has 0 aliphatic rings. The molecular weight excluding hydrogens is 494 g/mol. The molecule has 9 heteroatoms. The van der Waals surface area contributed by atoms with E-state index in [1.807, 2.05) is 30.3 Å². The number of alkyl carbamates (subject to hydrolysis) is 1. The fourth-order valence-corrected chi connectivity index (χ4v) is 3.60. The average molecular weight is 513 g/mol. The van der Waals surface area contributed by atoms with E-state index in [1.54, 1.807) is 19.1 Å². The van der Waals surface area contributed by atoms with Crippen LogP contribution in [0.25, 0.3) is 0 Å². The van der Waals surface area contributed by atoms with Crippen molar-refractivity contribution < 1.29 is 19.4 Å². The number of hydrogen-bond acceptors (Lipinski definition) is 5. The Bertz CT molecular complexity index is 860.